The van der Waals surface area contributed by atoms with Crippen molar-refractivity contribution in [2.45, 2.75) is 105 Å². The average Bonchev–Trinajstić information content (AvgIpc) is 3.68. The lowest BCUT2D eigenvalue weighted by Gasteiger charge is -2.44. The van der Waals surface area contributed by atoms with E-state index in [9.17, 15) is 0 Å². The molecule has 10 aromatic rings. The molecule has 9 aromatic carbocycles. The maximum Gasteiger partial charge on any atom is 0.264 e. The van der Waals surface area contributed by atoms with Crippen LogP contribution in [0.25, 0.3) is 53.5 Å². The van der Waals surface area contributed by atoms with Gasteiger partial charge in [0.15, 0.2) is 0 Å². The van der Waals surface area contributed by atoms with E-state index < -0.39 is 0 Å². The van der Waals surface area contributed by atoms with Crippen LogP contribution in [0, 0.1) is 0 Å². The van der Waals surface area contributed by atoms with Gasteiger partial charge in [-0.15, -0.1) is 11.3 Å². The number of nitrogens with zero attached hydrogens (tertiary/aromatic N) is 2. The van der Waals surface area contributed by atoms with E-state index in [0.29, 0.717) is 0 Å². The van der Waals surface area contributed by atoms with Gasteiger partial charge in [0, 0.05) is 43.2 Å². The molecule has 0 saturated carbocycles. The molecule has 0 N–H and O–H groups in total. The van der Waals surface area contributed by atoms with Gasteiger partial charge >= 0.3 is 0 Å². The lowest BCUT2D eigenvalue weighted by Crippen LogP contribution is -2.60. The van der Waals surface area contributed by atoms with Gasteiger partial charge in [-0.1, -0.05) is 168 Å². The molecule has 0 spiro atoms. The number of fused-ring (bicyclic) bond motifs is 6. The van der Waals surface area contributed by atoms with Crippen LogP contribution >= 0.6 is 11.3 Å². The summed E-state index contributed by atoms with van der Waals surface area (Å²) in [5, 5.41) is 9.18. The minimum atomic E-state index is -0.0463. The van der Waals surface area contributed by atoms with Crippen molar-refractivity contribution < 1.29 is 0 Å². The summed E-state index contributed by atoms with van der Waals surface area (Å²) in [6, 6.07) is 59.3. The molecule has 336 valence electrons. The Kier molecular flexibility index (Phi) is 9.21. The molecule has 68 heavy (non-hydrogen) atoms. The highest BCUT2D eigenvalue weighted by atomic mass is 32.1. The summed E-state index contributed by atoms with van der Waals surface area (Å²) >= 11 is 1.99. The molecule has 0 unspecified atom stereocenters. The molecule has 0 saturated heterocycles. The maximum absolute atomic E-state index is 2.62. The molecule has 0 radical (unpaired) electrons. The molecule has 1 aromatic heterocycles. The molecule has 0 atom stereocenters. The van der Waals surface area contributed by atoms with Gasteiger partial charge in [0.1, 0.15) is 0 Å². The first kappa shape index (κ1) is 43.0. The fraction of sp³-hybridized carbons (Fsp3) is 0.250. The Hall–Kier alpha value is -6.36. The van der Waals surface area contributed by atoms with Crippen LogP contribution in [0.2, 0.25) is 0 Å². The Bertz CT molecular complexity index is 3610. The Balaban J connectivity index is 1.16. The summed E-state index contributed by atoms with van der Waals surface area (Å²) in [7, 11) is 0. The second-order valence-electron chi connectivity index (χ2n) is 23.9. The molecule has 0 aliphatic carbocycles. The van der Waals surface area contributed by atoms with E-state index in [1.807, 2.05) is 11.3 Å². The zero-order valence-electron chi connectivity index (χ0n) is 41.8. The number of rotatable bonds is 3. The zero-order chi connectivity index (χ0) is 47.4. The molecule has 4 heteroatoms. The molecule has 2 aliphatic rings. The minimum absolute atomic E-state index is 0.0114. The van der Waals surface area contributed by atoms with Crippen LogP contribution < -0.4 is 25.5 Å². The molecular weight excluding hydrogens is 840 g/mol. The number of benzene rings is 9. The summed E-state index contributed by atoms with van der Waals surface area (Å²) in [6.07, 6.45) is 0. The summed E-state index contributed by atoms with van der Waals surface area (Å²) in [5.74, 6) is 0. The van der Waals surface area contributed by atoms with Gasteiger partial charge in [0.25, 0.3) is 6.71 Å². The lowest BCUT2D eigenvalue weighted by atomic mass is 9.36. The van der Waals surface area contributed by atoms with Gasteiger partial charge in [0.05, 0.1) is 11.4 Å². The van der Waals surface area contributed by atoms with E-state index in [0.717, 1.165) is 0 Å². The van der Waals surface area contributed by atoms with E-state index in [4.69, 9.17) is 0 Å². The van der Waals surface area contributed by atoms with Crippen LogP contribution in [-0.4, -0.2) is 6.71 Å². The van der Waals surface area contributed by atoms with Crippen molar-refractivity contribution in [1.29, 1.82) is 0 Å². The lowest BCUT2D eigenvalue weighted by molar-refractivity contribution is 0.590. The average molecular weight is 901 g/mol. The highest BCUT2D eigenvalue weighted by Gasteiger charge is 2.46. The molecule has 2 nitrogen and oxygen atoms in total. The SMILES string of the molecule is CC(C)(C)c1ccc(N2c3cccc4c3B(c3cc(C(C)(C)C)ccc3N4c3ccc(C(C)(C)C)cc3-c3cc4ccc5cccc6ccc(c3)c4c56)c3sc4ccc(C(C)(C)C)cc4c32)cc1. The number of anilines is 6. The Labute approximate surface area is 407 Å². The van der Waals surface area contributed by atoms with Crippen LogP contribution in [0.3, 0.4) is 0 Å². The van der Waals surface area contributed by atoms with Crippen LogP contribution in [0.4, 0.5) is 34.1 Å². The third kappa shape index (κ3) is 6.57. The summed E-state index contributed by atoms with van der Waals surface area (Å²) in [5.41, 5.74) is 18.0. The van der Waals surface area contributed by atoms with Gasteiger partial charge in [0.2, 0.25) is 0 Å². The quantitative estimate of drug-likeness (QED) is 0.129. The fourth-order valence-corrected chi connectivity index (χ4v) is 12.6. The maximum atomic E-state index is 2.62. The zero-order valence-corrected chi connectivity index (χ0v) is 42.6. The Morgan fingerprint density at radius 2 is 0.912 bits per heavy atom. The van der Waals surface area contributed by atoms with E-state index in [1.165, 1.54) is 126 Å². The van der Waals surface area contributed by atoms with E-state index >= 15 is 0 Å². The van der Waals surface area contributed by atoms with Crippen molar-refractivity contribution in [3.8, 4) is 11.1 Å². The number of hydrogen-bond donors (Lipinski definition) is 0. The molecule has 0 bridgehead atoms. The molecule has 2 aliphatic heterocycles. The predicted octanol–water partition coefficient (Wildman–Crippen LogP) is 16.7. The van der Waals surface area contributed by atoms with Crippen LogP contribution in [0.15, 0.2) is 152 Å². The second kappa shape index (κ2) is 14.6. The van der Waals surface area contributed by atoms with Crippen molar-refractivity contribution in [2.24, 2.45) is 0 Å². The van der Waals surface area contributed by atoms with Crippen LogP contribution in [0.1, 0.15) is 105 Å². The van der Waals surface area contributed by atoms with Crippen molar-refractivity contribution >= 4 is 110 Å². The summed E-state index contributed by atoms with van der Waals surface area (Å²) in [6.45, 7) is 28.0. The van der Waals surface area contributed by atoms with Crippen molar-refractivity contribution in [1.82, 2.24) is 0 Å². The molecule has 0 fully saturated rings. The first-order chi connectivity index (χ1) is 32.2. The van der Waals surface area contributed by atoms with E-state index in [1.54, 1.807) is 0 Å². The first-order valence-corrected chi connectivity index (χ1v) is 25.4. The van der Waals surface area contributed by atoms with Crippen molar-refractivity contribution in [3.63, 3.8) is 0 Å². The van der Waals surface area contributed by atoms with Gasteiger partial charge < -0.3 is 9.80 Å². The van der Waals surface area contributed by atoms with Gasteiger partial charge in [-0.2, -0.15) is 0 Å². The Morgan fingerprint density at radius 3 is 1.53 bits per heavy atom. The third-order valence-corrected chi connectivity index (χ3v) is 16.4. The fourth-order valence-electron chi connectivity index (χ4n) is 11.3. The highest BCUT2D eigenvalue weighted by molar-refractivity contribution is 7.33. The summed E-state index contributed by atoms with van der Waals surface area (Å²) < 4.78 is 2.74. The van der Waals surface area contributed by atoms with Gasteiger partial charge in [-0.3, -0.25) is 0 Å². The number of hydrogen-bond acceptors (Lipinski definition) is 3. The molecular formula is C64H61BN2S. The summed E-state index contributed by atoms with van der Waals surface area (Å²) in [4.78, 5) is 5.24. The largest absolute Gasteiger partial charge is 0.311 e. The second-order valence-corrected chi connectivity index (χ2v) is 25.0. The minimum Gasteiger partial charge on any atom is -0.311 e. The van der Waals surface area contributed by atoms with Gasteiger partial charge in [-0.25, -0.2) is 0 Å². The monoisotopic (exact) mass is 900 g/mol. The topological polar surface area (TPSA) is 6.48 Å². The molecule has 3 heterocycles. The molecule has 0 amide bonds. The van der Waals surface area contributed by atoms with Gasteiger partial charge in [-0.05, 0) is 159 Å². The molecule has 12 rings (SSSR count). The normalized spacial score (nSPS) is 14.1. The van der Waals surface area contributed by atoms with E-state index in [2.05, 4.69) is 245 Å². The third-order valence-electron chi connectivity index (χ3n) is 15.2. The van der Waals surface area contributed by atoms with E-state index in [-0.39, 0.29) is 28.4 Å². The van der Waals surface area contributed by atoms with Crippen molar-refractivity contribution in [3.05, 3.63) is 174 Å². The van der Waals surface area contributed by atoms with Crippen LogP contribution in [0.5, 0.6) is 0 Å². The standard InChI is InChI=1S/C64H61BN2S/c1-61(2,3)43-23-28-47(29-24-43)66-53-17-14-18-54-58(53)65(60-59(66)49-36-45(63(7,8)9)27-32-55(49)68-60)50-37-46(64(10,11)12)26-31-52(50)67(54)51-30-25-44(62(4,5)6)35-48(51)42-33-40-21-19-38-15-13-16-39-20-22-41(34-42)57(40)56(38)39/h13-37H,1-12H3. The Morgan fingerprint density at radius 1 is 0.412 bits per heavy atom. The highest BCUT2D eigenvalue weighted by Crippen LogP contribution is 2.51. The van der Waals surface area contributed by atoms with Crippen LogP contribution in [-0.2, 0) is 21.7 Å². The number of thiophene rings is 1. The smallest absolute Gasteiger partial charge is 0.264 e. The van der Waals surface area contributed by atoms with Crippen molar-refractivity contribution in [2.75, 3.05) is 9.80 Å². The predicted molar refractivity (Wildman–Crippen MR) is 300 cm³/mol. The first-order valence-electron chi connectivity index (χ1n) is 24.6.